The Balaban J connectivity index is 1.79. The molecule has 2 aromatic carbocycles. The molecule has 0 aliphatic carbocycles. The molecule has 0 bridgehead atoms. The van der Waals surface area contributed by atoms with E-state index in [0.717, 1.165) is 11.8 Å². The molecule has 136 valence electrons. The highest BCUT2D eigenvalue weighted by Gasteiger charge is 2.06. The Morgan fingerprint density at radius 3 is 2.44 bits per heavy atom. The molecule has 0 aliphatic rings. The monoisotopic (exact) mass is 366 g/mol. The molecule has 0 fully saturated rings. The van der Waals surface area contributed by atoms with E-state index in [4.69, 9.17) is 4.74 Å². The second kappa shape index (κ2) is 8.94. The number of ether oxygens (including phenoxy) is 1. The first-order valence-corrected chi connectivity index (χ1v) is 9.86. The highest BCUT2D eigenvalue weighted by Crippen LogP contribution is 2.15. The Hall–Kier alpha value is -1.96. The third-order valence-corrected chi connectivity index (χ3v) is 4.27. The summed E-state index contributed by atoms with van der Waals surface area (Å²) in [6.45, 7) is 3.03. The Morgan fingerprint density at radius 2 is 1.80 bits per heavy atom. The Bertz CT molecular complexity index is 779. The van der Waals surface area contributed by atoms with Crippen molar-refractivity contribution in [1.29, 1.82) is 0 Å². The largest absolute Gasteiger partial charge is 0.489 e. The summed E-state index contributed by atoms with van der Waals surface area (Å²) in [7, 11) is -3.17. The van der Waals surface area contributed by atoms with E-state index in [-0.39, 0.29) is 18.5 Å². The van der Waals surface area contributed by atoms with Gasteiger partial charge in [0.05, 0.1) is 6.26 Å². The standard InChI is InChI=1S/C18H23FN2O3S/c1-14(11-21-25(2,22)23)20-12-15-7-9-17(10-8-15)24-13-16-5-3-4-6-18(16)19/h3-10,14,20-21H,11-13H2,1-2H3/t14-/m0/s1. The van der Waals surface area contributed by atoms with E-state index in [1.165, 1.54) is 6.07 Å². The van der Waals surface area contributed by atoms with Crippen LogP contribution in [0, 0.1) is 5.82 Å². The minimum absolute atomic E-state index is 0.00621. The van der Waals surface area contributed by atoms with Crippen LogP contribution in [0.25, 0.3) is 0 Å². The second-order valence-electron chi connectivity index (χ2n) is 5.93. The Kier molecular flexibility index (Phi) is 6.92. The lowest BCUT2D eigenvalue weighted by Gasteiger charge is -2.14. The van der Waals surface area contributed by atoms with Gasteiger partial charge in [0.25, 0.3) is 0 Å². The Labute approximate surface area is 148 Å². The number of hydrogen-bond acceptors (Lipinski definition) is 4. The molecule has 5 nitrogen and oxygen atoms in total. The number of benzene rings is 2. The van der Waals surface area contributed by atoms with Crippen molar-refractivity contribution in [3.05, 3.63) is 65.5 Å². The molecule has 0 radical (unpaired) electrons. The molecule has 0 amide bonds. The molecule has 1 atom stereocenters. The fraction of sp³-hybridized carbons (Fsp3) is 0.333. The number of rotatable bonds is 9. The maximum atomic E-state index is 13.5. The van der Waals surface area contributed by atoms with Crippen molar-refractivity contribution in [2.24, 2.45) is 0 Å². The van der Waals surface area contributed by atoms with Gasteiger partial charge in [-0.1, -0.05) is 30.3 Å². The van der Waals surface area contributed by atoms with E-state index >= 15 is 0 Å². The topological polar surface area (TPSA) is 67.4 Å². The molecule has 0 heterocycles. The molecule has 0 aliphatic heterocycles. The minimum Gasteiger partial charge on any atom is -0.489 e. The molecule has 25 heavy (non-hydrogen) atoms. The van der Waals surface area contributed by atoms with Gasteiger partial charge in [-0.25, -0.2) is 17.5 Å². The lowest BCUT2D eigenvalue weighted by molar-refractivity contribution is 0.299. The van der Waals surface area contributed by atoms with E-state index in [1.54, 1.807) is 18.2 Å². The van der Waals surface area contributed by atoms with Crippen LogP contribution in [-0.4, -0.2) is 27.3 Å². The van der Waals surface area contributed by atoms with Gasteiger partial charge >= 0.3 is 0 Å². The van der Waals surface area contributed by atoms with Crippen molar-refractivity contribution >= 4 is 10.0 Å². The molecule has 2 rings (SSSR count). The zero-order chi connectivity index (χ0) is 18.3. The molecule has 0 spiro atoms. The normalized spacial score (nSPS) is 12.8. The first kappa shape index (κ1) is 19.4. The van der Waals surface area contributed by atoms with Crippen molar-refractivity contribution in [2.45, 2.75) is 26.1 Å². The van der Waals surface area contributed by atoms with Crippen molar-refractivity contribution in [3.8, 4) is 5.75 Å². The van der Waals surface area contributed by atoms with Crippen LogP contribution in [0.2, 0.25) is 0 Å². The summed E-state index contributed by atoms with van der Waals surface area (Å²) in [6.07, 6.45) is 1.14. The molecular formula is C18H23FN2O3S. The molecule has 2 aromatic rings. The molecule has 0 saturated heterocycles. The summed E-state index contributed by atoms with van der Waals surface area (Å²) >= 11 is 0. The molecular weight excluding hydrogens is 343 g/mol. The lowest BCUT2D eigenvalue weighted by Crippen LogP contribution is -2.38. The summed E-state index contributed by atoms with van der Waals surface area (Å²) in [4.78, 5) is 0. The van der Waals surface area contributed by atoms with Crippen LogP contribution < -0.4 is 14.8 Å². The summed E-state index contributed by atoms with van der Waals surface area (Å²) < 4.78 is 43.7. The van der Waals surface area contributed by atoms with Crippen molar-refractivity contribution in [2.75, 3.05) is 12.8 Å². The van der Waals surface area contributed by atoms with Gasteiger partial charge in [-0.2, -0.15) is 0 Å². The van der Waals surface area contributed by atoms with Crippen LogP contribution in [0.3, 0.4) is 0 Å². The van der Waals surface area contributed by atoms with Crippen LogP contribution in [0.5, 0.6) is 5.75 Å². The SMILES string of the molecule is C[C@@H](CNS(C)(=O)=O)NCc1ccc(OCc2ccccc2F)cc1. The van der Waals surface area contributed by atoms with Gasteiger partial charge in [0.2, 0.25) is 10.0 Å². The van der Waals surface area contributed by atoms with E-state index in [1.807, 2.05) is 31.2 Å². The van der Waals surface area contributed by atoms with Gasteiger partial charge in [0.1, 0.15) is 18.2 Å². The molecule has 0 unspecified atom stereocenters. The van der Waals surface area contributed by atoms with Gasteiger partial charge in [0, 0.05) is 24.7 Å². The average molecular weight is 366 g/mol. The van der Waals surface area contributed by atoms with Crippen LogP contribution >= 0.6 is 0 Å². The smallest absolute Gasteiger partial charge is 0.208 e. The maximum Gasteiger partial charge on any atom is 0.208 e. The third kappa shape index (κ3) is 7.21. The first-order valence-electron chi connectivity index (χ1n) is 7.96. The number of sulfonamides is 1. The average Bonchev–Trinajstić information content (AvgIpc) is 2.58. The van der Waals surface area contributed by atoms with Gasteiger partial charge in [0.15, 0.2) is 0 Å². The first-order chi connectivity index (χ1) is 11.8. The van der Waals surface area contributed by atoms with Gasteiger partial charge in [-0.05, 0) is 30.7 Å². The summed E-state index contributed by atoms with van der Waals surface area (Å²) in [5, 5.41) is 3.24. The number of halogens is 1. The van der Waals surface area contributed by atoms with Crippen molar-refractivity contribution in [3.63, 3.8) is 0 Å². The van der Waals surface area contributed by atoms with Crippen LogP contribution in [0.4, 0.5) is 4.39 Å². The van der Waals surface area contributed by atoms with Crippen LogP contribution in [0.1, 0.15) is 18.1 Å². The molecule has 7 heteroatoms. The van der Waals surface area contributed by atoms with E-state index < -0.39 is 10.0 Å². The zero-order valence-electron chi connectivity index (χ0n) is 14.3. The number of hydrogen-bond donors (Lipinski definition) is 2. The summed E-state index contributed by atoms with van der Waals surface area (Å²) in [5.74, 6) is 0.388. The lowest BCUT2D eigenvalue weighted by atomic mass is 10.2. The fourth-order valence-corrected chi connectivity index (χ4v) is 2.67. The maximum absolute atomic E-state index is 13.5. The van der Waals surface area contributed by atoms with Gasteiger partial charge in [-0.3, -0.25) is 0 Å². The minimum atomic E-state index is -3.17. The van der Waals surface area contributed by atoms with E-state index in [9.17, 15) is 12.8 Å². The predicted molar refractivity (Wildman–Crippen MR) is 96.3 cm³/mol. The third-order valence-electron chi connectivity index (χ3n) is 3.58. The molecule has 0 saturated carbocycles. The summed E-state index contributed by atoms with van der Waals surface area (Å²) in [6, 6.07) is 14.0. The van der Waals surface area contributed by atoms with Gasteiger partial charge < -0.3 is 10.1 Å². The van der Waals surface area contributed by atoms with Crippen LogP contribution in [0.15, 0.2) is 48.5 Å². The quantitative estimate of drug-likeness (QED) is 0.715. The summed E-state index contributed by atoms with van der Waals surface area (Å²) in [5.41, 5.74) is 1.56. The zero-order valence-corrected chi connectivity index (χ0v) is 15.1. The Morgan fingerprint density at radius 1 is 1.12 bits per heavy atom. The van der Waals surface area contributed by atoms with E-state index in [2.05, 4.69) is 10.0 Å². The van der Waals surface area contributed by atoms with Crippen LogP contribution in [-0.2, 0) is 23.2 Å². The molecule has 0 aromatic heterocycles. The highest BCUT2D eigenvalue weighted by atomic mass is 32.2. The highest BCUT2D eigenvalue weighted by molar-refractivity contribution is 7.88. The fourth-order valence-electron chi connectivity index (χ4n) is 2.12. The predicted octanol–water partition coefficient (Wildman–Crippen LogP) is 2.43. The van der Waals surface area contributed by atoms with E-state index in [0.29, 0.717) is 24.4 Å². The van der Waals surface area contributed by atoms with Crippen molar-refractivity contribution < 1.29 is 17.5 Å². The van der Waals surface area contributed by atoms with Crippen molar-refractivity contribution in [1.82, 2.24) is 10.0 Å². The molecule has 2 N–H and O–H groups in total. The second-order valence-corrected chi connectivity index (χ2v) is 7.76. The number of nitrogens with one attached hydrogen (secondary N) is 2. The van der Waals surface area contributed by atoms with Gasteiger partial charge in [-0.15, -0.1) is 0 Å².